The average molecular weight is 471 g/mol. The number of nitrogen functional groups attached to an aromatic ring is 1. The van der Waals surface area contributed by atoms with Gasteiger partial charge in [0.05, 0.1) is 33.9 Å². The number of aromatic nitrogens is 4. The van der Waals surface area contributed by atoms with E-state index in [0.29, 0.717) is 22.1 Å². The molecule has 4 aromatic rings. The van der Waals surface area contributed by atoms with Gasteiger partial charge in [-0.15, -0.1) is 0 Å². The largest absolute Gasteiger partial charge is 0.368 e. The Labute approximate surface area is 188 Å². The number of nitrogens with two attached hydrogens (primary N) is 1. The van der Waals surface area contributed by atoms with Crippen LogP contribution in [0.2, 0.25) is 5.02 Å². The minimum absolute atomic E-state index is 0.0209. The van der Waals surface area contributed by atoms with E-state index in [9.17, 15) is 13.2 Å². The summed E-state index contributed by atoms with van der Waals surface area (Å²) >= 11 is 6.31. The first kappa shape index (κ1) is 21.7. The number of nitrogens with zero attached hydrogens (tertiary/aromatic N) is 4. The Hall–Kier alpha value is -3.50. The van der Waals surface area contributed by atoms with Gasteiger partial charge in [-0.05, 0) is 31.2 Å². The highest BCUT2D eigenvalue weighted by molar-refractivity contribution is 7.90. The van der Waals surface area contributed by atoms with Crippen molar-refractivity contribution in [2.24, 2.45) is 0 Å². The van der Waals surface area contributed by atoms with Crippen LogP contribution in [0.15, 0.2) is 64.4 Å². The molecule has 0 aliphatic heterocycles. The van der Waals surface area contributed by atoms with E-state index in [1.807, 2.05) is 6.07 Å². The molecule has 0 amide bonds. The Kier molecular flexibility index (Phi) is 5.57. The lowest BCUT2D eigenvalue weighted by Crippen LogP contribution is -2.28. The molecule has 9 nitrogen and oxygen atoms in total. The third kappa shape index (κ3) is 4.02. The van der Waals surface area contributed by atoms with Gasteiger partial charge in [-0.2, -0.15) is 4.98 Å². The van der Waals surface area contributed by atoms with Crippen molar-refractivity contribution in [2.75, 3.05) is 17.3 Å². The molecular weight excluding hydrogens is 452 g/mol. The maximum Gasteiger partial charge on any atom is 0.267 e. The summed E-state index contributed by atoms with van der Waals surface area (Å²) in [7, 11) is -3.64. The molecule has 0 aliphatic rings. The number of halogens is 1. The van der Waals surface area contributed by atoms with Gasteiger partial charge < -0.3 is 11.1 Å². The fraction of sp³-hybridized carbons (Fsp3) is 0.143. The second-order valence-electron chi connectivity index (χ2n) is 7.16. The van der Waals surface area contributed by atoms with Crippen molar-refractivity contribution < 1.29 is 8.42 Å². The van der Waals surface area contributed by atoms with E-state index in [4.69, 9.17) is 17.3 Å². The molecule has 32 heavy (non-hydrogen) atoms. The van der Waals surface area contributed by atoms with Crippen molar-refractivity contribution >= 4 is 44.1 Å². The van der Waals surface area contributed by atoms with E-state index in [1.165, 1.54) is 4.57 Å². The highest BCUT2D eigenvalue weighted by atomic mass is 35.5. The Bertz CT molecular complexity index is 1490. The van der Waals surface area contributed by atoms with Crippen LogP contribution in [0.5, 0.6) is 0 Å². The van der Waals surface area contributed by atoms with E-state index in [2.05, 4.69) is 20.3 Å². The van der Waals surface area contributed by atoms with Crippen molar-refractivity contribution in [3.8, 4) is 5.69 Å². The molecule has 0 radical (unpaired) electrons. The van der Waals surface area contributed by atoms with Crippen LogP contribution >= 0.6 is 11.6 Å². The van der Waals surface area contributed by atoms with Gasteiger partial charge in [0.1, 0.15) is 10.7 Å². The summed E-state index contributed by atoms with van der Waals surface area (Å²) in [6, 6.07) is 13.4. The summed E-state index contributed by atoms with van der Waals surface area (Å²) in [4.78, 5) is 25.9. The van der Waals surface area contributed by atoms with Gasteiger partial charge >= 0.3 is 0 Å². The lowest BCUT2D eigenvalue weighted by Gasteiger charge is -2.21. The molecule has 0 saturated heterocycles. The van der Waals surface area contributed by atoms with Crippen LogP contribution in [-0.4, -0.2) is 34.2 Å². The first-order valence-electron chi connectivity index (χ1n) is 9.52. The maximum absolute atomic E-state index is 13.5. The molecule has 0 unspecified atom stereocenters. The lowest BCUT2D eigenvalue weighted by molar-refractivity contribution is 0.601. The predicted octanol–water partition coefficient (Wildman–Crippen LogP) is 2.99. The number of hydrogen-bond acceptors (Lipinski definition) is 8. The smallest absolute Gasteiger partial charge is 0.267 e. The molecule has 2 aromatic carbocycles. The van der Waals surface area contributed by atoms with Gasteiger partial charge in [0.2, 0.25) is 5.95 Å². The molecule has 2 aromatic heterocycles. The Morgan fingerprint density at radius 3 is 2.50 bits per heavy atom. The van der Waals surface area contributed by atoms with E-state index in [0.717, 1.165) is 12.5 Å². The zero-order valence-corrected chi connectivity index (χ0v) is 18.7. The summed E-state index contributed by atoms with van der Waals surface area (Å²) < 4.78 is 25.8. The monoisotopic (exact) mass is 470 g/mol. The average Bonchev–Trinajstić information content (AvgIpc) is 2.73. The van der Waals surface area contributed by atoms with Crippen molar-refractivity contribution in [2.45, 2.75) is 17.9 Å². The minimum Gasteiger partial charge on any atom is -0.368 e. The molecule has 0 saturated carbocycles. The second kappa shape index (κ2) is 8.21. The normalized spacial score (nSPS) is 12.6. The van der Waals surface area contributed by atoms with Crippen LogP contribution in [0.1, 0.15) is 18.8 Å². The van der Waals surface area contributed by atoms with Crippen LogP contribution in [0.25, 0.3) is 16.6 Å². The number of sulfone groups is 1. The van der Waals surface area contributed by atoms with Crippen LogP contribution < -0.4 is 16.6 Å². The summed E-state index contributed by atoms with van der Waals surface area (Å²) in [5.41, 5.74) is 6.34. The number of benzene rings is 2. The minimum atomic E-state index is -3.64. The maximum atomic E-state index is 13.5. The molecule has 11 heteroatoms. The molecule has 2 heterocycles. The molecule has 3 N–H and O–H groups in total. The summed E-state index contributed by atoms with van der Waals surface area (Å²) in [5.74, 6) is 0.269. The molecule has 0 bridgehead atoms. The number of nitrogens with one attached hydrogen (secondary N) is 1. The fourth-order valence-electron chi connectivity index (χ4n) is 3.35. The summed E-state index contributed by atoms with van der Waals surface area (Å²) in [6.45, 7) is 1.74. The zero-order valence-electron chi connectivity index (χ0n) is 17.2. The van der Waals surface area contributed by atoms with Gasteiger partial charge in [0.15, 0.2) is 15.7 Å². The number of para-hydroxylation sites is 1. The van der Waals surface area contributed by atoms with E-state index < -0.39 is 15.9 Å². The first-order chi connectivity index (χ1) is 15.2. The fourth-order valence-corrected chi connectivity index (χ4v) is 4.30. The van der Waals surface area contributed by atoms with Crippen molar-refractivity contribution in [3.05, 3.63) is 75.9 Å². The van der Waals surface area contributed by atoms with Crippen LogP contribution in [0, 0.1) is 0 Å². The third-order valence-electron chi connectivity index (χ3n) is 4.80. The Morgan fingerprint density at radius 2 is 1.81 bits per heavy atom. The lowest BCUT2D eigenvalue weighted by atomic mass is 10.2. The first-order valence-corrected chi connectivity index (χ1v) is 11.8. The van der Waals surface area contributed by atoms with Crippen LogP contribution in [-0.2, 0) is 9.84 Å². The molecule has 1 atom stereocenters. The molecule has 0 spiro atoms. The SMILES string of the molecule is C[C@H](Nc1nc(N)ncc1S(C)(=O)=O)c1nc2cccc(Cl)c2c(=O)n1-c1ccccc1. The standard InChI is InChI=1S/C21H19ClN6O3S/c1-12(25-18-16(32(2,30)31)11-24-21(23)27-18)19-26-15-10-6-9-14(22)17(15)20(29)28(19)13-7-4-3-5-8-13/h3-12H,1-2H3,(H3,23,24,25,27)/t12-/m0/s1. The van der Waals surface area contributed by atoms with Crippen molar-refractivity contribution in [1.29, 1.82) is 0 Å². The summed E-state index contributed by atoms with van der Waals surface area (Å²) in [5, 5.41) is 3.61. The van der Waals surface area contributed by atoms with Crippen molar-refractivity contribution in [1.82, 2.24) is 19.5 Å². The molecule has 0 aliphatic carbocycles. The quantitative estimate of drug-likeness (QED) is 0.454. The van der Waals surface area contributed by atoms with Gasteiger partial charge in [-0.3, -0.25) is 9.36 Å². The Morgan fingerprint density at radius 1 is 1.09 bits per heavy atom. The number of rotatable bonds is 5. The van der Waals surface area contributed by atoms with Gasteiger partial charge in [-0.25, -0.2) is 18.4 Å². The van der Waals surface area contributed by atoms with E-state index in [1.54, 1.807) is 49.4 Å². The molecule has 4 rings (SSSR count). The third-order valence-corrected chi connectivity index (χ3v) is 6.21. The number of fused-ring (bicyclic) bond motifs is 1. The van der Waals surface area contributed by atoms with Crippen LogP contribution in [0.3, 0.4) is 0 Å². The number of anilines is 2. The topological polar surface area (TPSA) is 133 Å². The second-order valence-corrected chi connectivity index (χ2v) is 9.55. The van der Waals surface area contributed by atoms with Gasteiger partial charge in [-0.1, -0.05) is 35.9 Å². The van der Waals surface area contributed by atoms with E-state index >= 15 is 0 Å². The zero-order chi connectivity index (χ0) is 23.0. The Balaban J connectivity index is 1.94. The highest BCUT2D eigenvalue weighted by Crippen LogP contribution is 2.26. The highest BCUT2D eigenvalue weighted by Gasteiger charge is 2.23. The number of hydrogen-bond donors (Lipinski definition) is 2. The molecule has 0 fully saturated rings. The predicted molar refractivity (Wildman–Crippen MR) is 124 cm³/mol. The molecule has 164 valence electrons. The van der Waals surface area contributed by atoms with Crippen molar-refractivity contribution in [3.63, 3.8) is 0 Å². The van der Waals surface area contributed by atoms with Gasteiger partial charge in [0.25, 0.3) is 5.56 Å². The van der Waals surface area contributed by atoms with Crippen LogP contribution in [0.4, 0.5) is 11.8 Å². The van der Waals surface area contributed by atoms with E-state index in [-0.39, 0.29) is 27.6 Å². The van der Waals surface area contributed by atoms with Gasteiger partial charge in [0, 0.05) is 6.26 Å². The summed E-state index contributed by atoms with van der Waals surface area (Å²) in [6.07, 6.45) is 2.19. The molecular formula is C21H19ClN6O3S.